The quantitative estimate of drug-likeness (QED) is 0.605. The minimum Gasteiger partial charge on any atom is -0.339 e. The van der Waals surface area contributed by atoms with Gasteiger partial charge in [-0.05, 0) is 42.3 Å². The second-order valence-electron chi connectivity index (χ2n) is 6.18. The molecule has 0 aliphatic carbocycles. The Labute approximate surface area is 163 Å². The zero-order valence-electron chi connectivity index (χ0n) is 15.7. The molecule has 0 fully saturated rings. The van der Waals surface area contributed by atoms with Crippen LogP contribution in [0.3, 0.4) is 0 Å². The van der Waals surface area contributed by atoms with Gasteiger partial charge in [-0.3, -0.25) is 9.59 Å². The Balaban J connectivity index is 1.64. The van der Waals surface area contributed by atoms with E-state index in [1.165, 1.54) is 24.9 Å². The number of rotatable bonds is 6. The number of hydrogen-bond acceptors (Lipinski definition) is 5. The Morgan fingerprint density at radius 3 is 2.29 bits per heavy atom. The minimum absolute atomic E-state index is 0.142. The first-order valence-electron chi connectivity index (χ1n) is 8.90. The summed E-state index contributed by atoms with van der Waals surface area (Å²) in [5.41, 5.74) is 3.55. The highest BCUT2D eigenvalue weighted by atomic mass is 16.2. The summed E-state index contributed by atoms with van der Waals surface area (Å²) in [6.07, 6.45) is 3.85. The van der Waals surface area contributed by atoms with Crippen molar-refractivity contribution in [2.24, 2.45) is 0 Å². The number of anilines is 4. The average Bonchev–Trinajstić information content (AvgIpc) is 2.69. The lowest BCUT2D eigenvalue weighted by molar-refractivity contribution is -0.114. The SMILES string of the molecule is CCc1ccc(NC(=O)c2cnc(Nc3cccc(NC(C)=O)c3)cn2)cc1. The zero-order valence-corrected chi connectivity index (χ0v) is 15.7. The van der Waals surface area contributed by atoms with Crippen LogP contribution in [0.5, 0.6) is 0 Å². The van der Waals surface area contributed by atoms with Crippen LogP contribution in [-0.4, -0.2) is 21.8 Å². The molecule has 0 radical (unpaired) electrons. The molecule has 0 bridgehead atoms. The second-order valence-corrected chi connectivity index (χ2v) is 6.18. The van der Waals surface area contributed by atoms with Crippen LogP contribution < -0.4 is 16.0 Å². The number of amides is 2. The van der Waals surface area contributed by atoms with E-state index in [9.17, 15) is 9.59 Å². The van der Waals surface area contributed by atoms with Gasteiger partial charge in [0.1, 0.15) is 11.5 Å². The van der Waals surface area contributed by atoms with Gasteiger partial charge in [0.15, 0.2) is 0 Å². The molecule has 0 saturated heterocycles. The van der Waals surface area contributed by atoms with Gasteiger partial charge in [-0.15, -0.1) is 0 Å². The predicted octanol–water partition coefficient (Wildman–Crippen LogP) is 3.99. The van der Waals surface area contributed by atoms with Crippen molar-refractivity contribution in [3.63, 3.8) is 0 Å². The van der Waals surface area contributed by atoms with Crippen LogP contribution in [0.15, 0.2) is 60.9 Å². The number of nitrogens with zero attached hydrogens (tertiary/aromatic N) is 2. The molecule has 0 unspecified atom stereocenters. The number of carbonyl (C=O) groups is 2. The monoisotopic (exact) mass is 375 g/mol. The van der Waals surface area contributed by atoms with E-state index in [-0.39, 0.29) is 17.5 Å². The lowest BCUT2D eigenvalue weighted by Crippen LogP contribution is -2.14. The maximum Gasteiger partial charge on any atom is 0.275 e. The zero-order chi connectivity index (χ0) is 19.9. The molecule has 3 aromatic rings. The van der Waals surface area contributed by atoms with Crippen molar-refractivity contribution in [1.29, 1.82) is 0 Å². The van der Waals surface area contributed by atoms with Crippen LogP contribution in [0.25, 0.3) is 0 Å². The molecule has 1 heterocycles. The van der Waals surface area contributed by atoms with Crippen molar-refractivity contribution in [2.75, 3.05) is 16.0 Å². The first-order valence-corrected chi connectivity index (χ1v) is 8.90. The highest BCUT2D eigenvalue weighted by Gasteiger charge is 2.09. The van der Waals surface area contributed by atoms with Crippen LogP contribution in [0.2, 0.25) is 0 Å². The van der Waals surface area contributed by atoms with E-state index < -0.39 is 0 Å². The third kappa shape index (κ3) is 5.14. The fraction of sp³-hybridized carbons (Fsp3) is 0.143. The molecule has 0 aliphatic heterocycles. The molecule has 28 heavy (non-hydrogen) atoms. The number of hydrogen-bond donors (Lipinski definition) is 3. The predicted molar refractivity (Wildman–Crippen MR) is 110 cm³/mol. The third-order valence-electron chi connectivity index (χ3n) is 3.96. The van der Waals surface area contributed by atoms with Gasteiger partial charge in [-0.1, -0.05) is 25.1 Å². The summed E-state index contributed by atoms with van der Waals surface area (Å²) in [5.74, 6) is 0.0245. The van der Waals surface area contributed by atoms with Gasteiger partial charge in [0.25, 0.3) is 5.91 Å². The van der Waals surface area contributed by atoms with E-state index in [4.69, 9.17) is 0 Å². The maximum atomic E-state index is 12.3. The molecule has 3 N–H and O–H groups in total. The van der Waals surface area contributed by atoms with Crippen molar-refractivity contribution < 1.29 is 9.59 Å². The van der Waals surface area contributed by atoms with Gasteiger partial charge in [-0.25, -0.2) is 9.97 Å². The molecule has 7 heteroatoms. The molecule has 1 aromatic heterocycles. The van der Waals surface area contributed by atoms with Crippen molar-refractivity contribution in [1.82, 2.24) is 9.97 Å². The van der Waals surface area contributed by atoms with Gasteiger partial charge in [0.2, 0.25) is 5.91 Å². The van der Waals surface area contributed by atoms with E-state index in [0.717, 1.165) is 12.1 Å². The van der Waals surface area contributed by atoms with E-state index in [1.807, 2.05) is 36.4 Å². The smallest absolute Gasteiger partial charge is 0.275 e. The topological polar surface area (TPSA) is 96.0 Å². The third-order valence-corrected chi connectivity index (χ3v) is 3.96. The maximum absolute atomic E-state index is 12.3. The van der Waals surface area contributed by atoms with Gasteiger partial charge in [-0.2, -0.15) is 0 Å². The Hall–Kier alpha value is -3.74. The van der Waals surface area contributed by atoms with Crippen LogP contribution in [0.1, 0.15) is 29.9 Å². The van der Waals surface area contributed by atoms with Crippen molar-refractivity contribution in [3.05, 3.63) is 72.2 Å². The minimum atomic E-state index is -0.323. The normalized spacial score (nSPS) is 10.2. The number of aryl methyl sites for hydroxylation is 1. The molecule has 7 nitrogen and oxygen atoms in total. The molecule has 0 spiro atoms. The lowest BCUT2D eigenvalue weighted by Gasteiger charge is -2.09. The number of aromatic nitrogens is 2. The summed E-state index contributed by atoms with van der Waals surface area (Å²) in [7, 11) is 0. The van der Waals surface area contributed by atoms with Crippen LogP contribution in [0, 0.1) is 0 Å². The van der Waals surface area contributed by atoms with E-state index in [2.05, 4.69) is 32.8 Å². The Morgan fingerprint density at radius 2 is 1.64 bits per heavy atom. The Bertz CT molecular complexity index is 969. The molecule has 3 rings (SSSR count). The second kappa shape index (κ2) is 8.77. The fourth-order valence-electron chi connectivity index (χ4n) is 2.55. The first kappa shape index (κ1) is 19.0. The average molecular weight is 375 g/mol. The van der Waals surface area contributed by atoms with Crippen LogP contribution in [0.4, 0.5) is 22.9 Å². The van der Waals surface area contributed by atoms with E-state index >= 15 is 0 Å². The Morgan fingerprint density at radius 1 is 0.893 bits per heavy atom. The first-order chi connectivity index (χ1) is 13.5. The number of nitrogens with one attached hydrogen (secondary N) is 3. The molecule has 2 amide bonds. The summed E-state index contributed by atoms with van der Waals surface area (Å²) < 4.78 is 0. The number of carbonyl (C=O) groups excluding carboxylic acids is 2. The summed E-state index contributed by atoms with van der Waals surface area (Å²) >= 11 is 0. The highest BCUT2D eigenvalue weighted by Crippen LogP contribution is 2.19. The fourth-order valence-corrected chi connectivity index (χ4v) is 2.55. The van der Waals surface area contributed by atoms with Crippen molar-refractivity contribution in [2.45, 2.75) is 20.3 Å². The molecule has 0 saturated carbocycles. The lowest BCUT2D eigenvalue weighted by atomic mass is 10.1. The van der Waals surface area contributed by atoms with E-state index in [1.54, 1.807) is 12.1 Å². The molecule has 0 aliphatic rings. The molecular weight excluding hydrogens is 354 g/mol. The highest BCUT2D eigenvalue weighted by molar-refractivity contribution is 6.02. The summed E-state index contributed by atoms with van der Waals surface area (Å²) in [5, 5.41) is 8.61. The van der Waals surface area contributed by atoms with Crippen LogP contribution in [-0.2, 0) is 11.2 Å². The largest absolute Gasteiger partial charge is 0.339 e. The summed E-state index contributed by atoms with van der Waals surface area (Å²) in [4.78, 5) is 31.9. The molecule has 142 valence electrons. The molecular formula is C21H21N5O2. The number of benzene rings is 2. The van der Waals surface area contributed by atoms with Gasteiger partial charge in [0.05, 0.1) is 12.4 Å². The van der Waals surface area contributed by atoms with Gasteiger partial charge < -0.3 is 16.0 Å². The molecule has 2 aromatic carbocycles. The summed E-state index contributed by atoms with van der Waals surface area (Å²) in [6, 6.07) is 14.9. The van der Waals surface area contributed by atoms with Crippen molar-refractivity contribution in [3.8, 4) is 0 Å². The van der Waals surface area contributed by atoms with E-state index in [0.29, 0.717) is 17.2 Å². The van der Waals surface area contributed by atoms with Gasteiger partial charge >= 0.3 is 0 Å². The van der Waals surface area contributed by atoms with Crippen molar-refractivity contribution >= 4 is 34.7 Å². The Kier molecular flexibility index (Phi) is 5.96. The standard InChI is InChI=1S/C21H21N5O2/c1-3-15-7-9-16(10-8-15)26-21(28)19-12-23-20(13-22-19)25-18-6-4-5-17(11-18)24-14(2)27/h4-13H,3H2,1-2H3,(H,23,25)(H,24,27)(H,26,28). The van der Waals surface area contributed by atoms with Gasteiger partial charge in [0, 0.05) is 24.0 Å². The summed E-state index contributed by atoms with van der Waals surface area (Å²) in [6.45, 7) is 3.53. The van der Waals surface area contributed by atoms with Crippen LogP contribution >= 0.6 is 0 Å². The molecule has 0 atom stereocenters.